The Morgan fingerprint density at radius 2 is 2.00 bits per heavy atom. The standard InChI is InChI=1S/C17H35N3O/c1-6-19(7-2)16(11-14(3)4)12-18-17(21)20-10-8-9-15(5)13-20/h14-16H,6-13H2,1-5H3,(H,18,21). The van der Waals surface area contributed by atoms with Crippen molar-refractivity contribution >= 4 is 6.03 Å². The number of hydrogen-bond acceptors (Lipinski definition) is 2. The molecular formula is C17H35N3O. The number of rotatable bonds is 7. The van der Waals surface area contributed by atoms with Gasteiger partial charge >= 0.3 is 6.03 Å². The van der Waals surface area contributed by atoms with Gasteiger partial charge in [-0.25, -0.2) is 4.79 Å². The van der Waals surface area contributed by atoms with Gasteiger partial charge in [0, 0.05) is 25.7 Å². The average Bonchev–Trinajstić information content (AvgIpc) is 2.45. The molecule has 4 nitrogen and oxygen atoms in total. The van der Waals surface area contributed by atoms with Crippen LogP contribution in [0.5, 0.6) is 0 Å². The Hall–Kier alpha value is -0.770. The molecule has 0 aromatic rings. The monoisotopic (exact) mass is 297 g/mol. The van der Waals surface area contributed by atoms with Crippen molar-refractivity contribution in [3.8, 4) is 0 Å². The summed E-state index contributed by atoms with van der Waals surface area (Å²) in [5.74, 6) is 1.29. The highest BCUT2D eigenvalue weighted by molar-refractivity contribution is 5.74. The summed E-state index contributed by atoms with van der Waals surface area (Å²) in [6.45, 7) is 15.8. The lowest BCUT2D eigenvalue weighted by Gasteiger charge is -2.34. The average molecular weight is 297 g/mol. The van der Waals surface area contributed by atoms with Crippen LogP contribution in [0.25, 0.3) is 0 Å². The van der Waals surface area contributed by atoms with Gasteiger partial charge in [0.05, 0.1) is 0 Å². The highest BCUT2D eigenvalue weighted by Crippen LogP contribution is 2.16. The maximum atomic E-state index is 12.3. The first kappa shape index (κ1) is 18.3. The molecule has 0 saturated carbocycles. The van der Waals surface area contributed by atoms with Gasteiger partial charge in [0.25, 0.3) is 0 Å². The van der Waals surface area contributed by atoms with Crippen molar-refractivity contribution in [1.29, 1.82) is 0 Å². The number of amides is 2. The lowest BCUT2D eigenvalue weighted by Crippen LogP contribution is -2.50. The molecule has 4 heteroatoms. The number of hydrogen-bond donors (Lipinski definition) is 1. The minimum atomic E-state index is 0.127. The summed E-state index contributed by atoms with van der Waals surface area (Å²) in [5.41, 5.74) is 0. The maximum Gasteiger partial charge on any atom is 0.317 e. The quantitative estimate of drug-likeness (QED) is 0.783. The number of nitrogens with one attached hydrogen (secondary N) is 1. The lowest BCUT2D eigenvalue weighted by molar-refractivity contribution is 0.156. The second kappa shape index (κ2) is 9.29. The fourth-order valence-electron chi connectivity index (χ4n) is 3.34. The molecule has 1 heterocycles. The van der Waals surface area contributed by atoms with Crippen LogP contribution in [0.1, 0.15) is 53.9 Å². The van der Waals surface area contributed by atoms with Gasteiger partial charge in [-0.3, -0.25) is 4.90 Å². The number of nitrogens with zero attached hydrogens (tertiary/aromatic N) is 2. The molecule has 0 aromatic carbocycles. The molecule has 1 rings (SSSR count). The van der Waals surface area contributed by atoms with Gasteiger partial charge in [-0.2, -0.15) is 0 Å². The normalized spacial score (nSPS) is 20.9. The Morgan fingerprint density at radius 3 is 2.52 bits per heavy atom. The van der Waals surface area contributed by atoms with Gasteiger partial charge < -0.3 is 10.2 Å². The van der Waals surface area contributed by atoms with E-state index in [0.717, 1.165) is 45.6 Å². The number of likely N-dealkylation sites (tertiary alicyclic amines) is 1. The predicted molar refractivity (Wildman–Crippen MR) is 89.5 cm³/mol. The fourth-order valence-corrected chi connectivity index (χ4v) is 3.34. The van der Waals surface area contributed by atoms with Crippen LogP contribution in [0.4, 0.5) is 4.79 Å². The van der Waals surface area contributed by atoms with E-state index in [2.05, 4.69) is 44.8 Å². The SMILES string of the molecule is CCN(CC)C(CNC(=O)N1CCCC(C)C1)CC(C)C. The van der Waals surface area contributed by atoms with E-state index < -0.39 is 0 Å². The van der Waals surface area contributed by atoms with Gasteiger partial charge in [0.15, 0.2) is 0 Å². The van der Waals surface area contributed by atoms with Gasteiger partial charge in [0.1, 0.15) is 0 Å². The lowest BCUT2D eigenvalue weighted by atomic mass is 10.0. The van der Waals surface area contributed by atoms with E-state index in [4.69, 9.17) is 0 Å². The summed E-state index contributed by atoms with van der Waals surface area (Å²) in [6, 6.07) is 0.577. The van der Waals surface area contributed by atoms with Crippen LogP contribution in [0, 0.1) is 11.8 Å². The van der Waals surface area contributed by atoms with Crippen LogP contribution in [-0.4, -0.2) is 54.6 Å². The van der Waals surface area contributed by atoms with Crippen LogP contribution in [0.2, 0.25) is 0 Å². The van der Waals surface area contributed by atoms with E-state index in [1.807, 2.05) is 4.90 Å². The van der Waals surface area contributed by atoms with Crippen molar-refractivity contribution in [2.75, 3.05) is 32.7 Å². The molecule has 2 unspecified atom stereocenters. The molecule has 1 N–H and O–H groups in total. The molecule has 124 valence electrons. The Labute approximate surface area is 131 Å². The van der Waals surface area contributed by atoms with Gasteiger partial charge in [-0.15, -0.1) is 0 Å². The predicted octanol–water partition coefficient (Wildman–Crippen LogP) is 3.18. The van der Waals surface area contributed by atoms with E-state index in [9.17, 15) is 4.79 Å². The zero-order chi connectivity index (χ0) is 15.8. The summed E-state index contributed by atoms with van der Waals surface area (Å²) >= 11 is 0. The Morgan fingerprint density at radius 1 is 1.33 bits per heavy atom. The van der Waals surface area contributed by atoms with Gasteiger partial charge in [0.2, 0.25) is 0 Å². The molecule has 1 aliphatic heterocycles. The van der Waals surface area contributed by atoms with Gasteiger partial charge in [-0.1, -0.05) is 34.6 Å². The van der Waals surface area contributed by atoms with Crippen LogP contribution in [-0.2, 0) is 0 Å². The molecule has 1 aliphatic rings. The topological polar surface area (TPSA) is 35.6 Å². The smallest absolute Gasteiger partial charge is 0.317 e. The minimum absolute atomic E-state index is 0.127. The summed E-state index contributed by atoms with van der Waals surface area (Å²) < 4.78 is 0. The maximum absolute atomic E-state index is 12.3. The van der Waals surface area contributed by atoms with Gasteiger partial charge in [-0.05, 0) is 44.2 Å². The largest absolute Gasteiger partial charge is 0.336 e. The third-order valence-electron chi connectivity index (χ3n) is 4.51. The molecule has 0 spiro atoms. The number of urea groups is 1. The molecule has 2 atom stereocenters. The van der Waals surface area contributed by atoms with Crippen LogP contribution < -0.4 is 5.32 Å². The molecule has 0 bridgehead atoms. The summed E-state index contributed by atoms with van der Waals surface area (Å²) in [6.07, 6.45) is 3.53. The summed E-state index contributed by atoms with van der Waals surface area (Å²) in [5, 5.41) is 3.17. The molecule has 1 saturated heterocycles. The van der Waals surface area contributed by atoms with E-state index in [1.54, 1.807) is 0 Å². The van der Waals surface area contributed by atoms with E-state index in [-0.39, 0.29) is 6.03 Å². The second-order valence-corrected chi connectivity index (χ2v) is 6.88. The van der Waals surface area contributed by atoms with Crippen molar-refractivity contribution in [1.82, 2.24) is 15.1 Å². The second-order valence-electron chi connectivity index (χ2n) is 6.88. The van der Waals surface area contributed by atoms with Crippen molar-refractivity contribution in [3.05, 3.63) is 0 Å². The first-order chi connectivity index (χ1) is 9.97. The van der Waals surface area contributed by atoms with E-state index in [0.29, 0.717) is 17.9 Å². The number of carbonyl (C=O) groups is 1. The van der Waals surface area contributed by atoms with Crippen molar-refractivity contribution in [2.24, 2.45) is 11.8 Å². The Kier molecular flexibility index (Phi) is 8.09. The number of piperidine rings is 1. The molecule has 0 aromatic heterocycles. The van der Waals surface area contributed by atoms with Crippen molar-refractivity contribution in [3.63, 3.8) is 0 Å². The van der Waals surface area contributed by atoms with Crippen LogP contribution in [0.15, 0.2) is 0 Å². The van der Waals surface area contributed by atoms with Crippen molar-refractivity contribution < 1.29 is 4.79 Å². The molecule has 2 amide bonds. The van der Waals surface area contributed by atoms with E-state index >= 15 is 0 Å². The van der Waals surface area contributed by atoms with E-state index in [1.165, 1.54) is 6.42 Å². The minimum Gasteiger partial charge on any atom is -0.336 e. The van der Waals surface area contributed by atoms with Crippen LogP contribution in [0.3, 0.4) is 0 Å². The zero-order valence-electron chi connectivity index (χ0n) is 14.7. The molecular weight excluding hydrogens is 262 g/mol. The summed E-state index contributed by atoms with van der Waals surface area (Å²) in [7, 11) is 0. The first-order valence-corrected chi connectivity index (χ1v) is 8.74. The molecule has 0 radical (unpaired) electrons. The Balaban J connectivity index is 2.49. The fraction of sp³-hybridized carbons (Fsp3) is 0.941. The Bertz CT molecular complexity index is 302. The summed E-state index contributed by atoms with van der Waals surface area (Å²) in [4.78, 5) is 16.8. The molecule has 0 aliphatic carbocycles. The first-order valence-electron chi connectivity index (χ1n) is 8.74. The molecule has 1 fully saturated rings. The zero-order valence-corrected chi connectivity index (χ0v) is 14.7. The third-order valence-corrected chi connectivity index (χ3v) is 4.51. The van der Waals surface area contributed by atoms with Crippen LogP contribution >= 0.6 is 0 Å². The highest BCUT2D eigenvalue weighted by atomic mass is 16.2. The molecule has 21 heavy (non-hydrogen) atoms. The third kappa shape index (κ3) is 6.25. The number of likely N-dealkylation sites (N-methyl/N-ethyl adjacent to an activating group) is 1. The highest BCUT2D eigenvalue weighted by Gasteiger charge is 2.23. The number of carbonyl (C=O) groups excluding carboxylic acids is 1. The van der Waals surface area contributed by atoms with Crippen molar-refractivity contribution in [2.45, 2.75) is 59.9 Å².